The molecular weight excluding hydrogens is 1700 g/mol. The summed E-state index contributed by atoms with van der Waals surface area (Å²) < 4.78 is 8.68. The molecular formula is C111H78N26. The van der Waals surface area contributed by atoms with Gasteiger partial charge in [0.1, 0.15) is 51.3 Å². The summed E-state index contributed by atoms with van der Waals surface area (Å²) in [6, 6.07) is 124. The van der Waals surface area contributed by atoms with E-state index in [0.29, 0.717) is 57.5 Å². The highest BCUT2D eigenvalue weighted by atomic mass is 15.5. The van der Waals surface area contributed by atoms with Crippen molar-refractivity contribution in [3.63, 3.8) is 0 Å². The molecule has 0 saturated heterocycles. The molecule has 0 N–H and O–H groups in total. The van der Waals surface area contributed by atoms with Crippen LogP contribution >= 0.6 is 0 Å². The predicted molar refractivity (Wildman–Crippen MR) is 532 cm³/mol. The Morgan fingerprint density at radius 2 is 0.620 bits per heavy atom. The largest absolute Gasteiger partial charge is 0.261 e. The van der Waals surface area contributed by atoms with Crippen LogP contribution in [0.2, 0.25) is 0 Å². The second kappa shape index (κ2) is 39.1. The molecule has 137 heavy (non-hydrogen) atoms. The maximum absolute atomic E-state index is 4.88. The van der Waals surface area contributed by atoms with Crippen molar-refractivity contribution in [1.82, 2.24) is 119 Å². The molecule has 24 aromatic rings. The highest BCUT2D eigenvalue weighted by molar-refractivity contribution is 6.54. The van der Waals surface area contributed by atoms with Gasteiger partial charge in [-0.25, -0.2) is 15.0 Å². The van der Waals surface area contributed by atoms with Crippen molar-refractivity contribution < 1.29 is 0 Å². The minimum atomic E-state index is 0.572. The first-order chi connectivity index (χ1) is 67.8. The van der Waals surface area contributed by atoms with Gasteiger partial charge in [-0.3, -0.25) is 19.9 Å². The van der Waals surface area contributed by atoms with E-state index in [2.05, 4.69) is 194 Å². The van der Waals surface area contributed by atoms with Gasteiger partial charge in [-0.1, -0.05) is 339 Å². The quantitative estimate of drug-likeness (QED) is 0.0921. The number of aryl methyl sites for hydroxylation is 2. The average molecular weight is 1780 g/mol. The molecule has 25 rings (SSSR count). The SMILES string of the molecule is C(/c1ccccc1)=c1\c(-c2ccccc2)nn2c(-c3ccccc3)nnc12.C(/c1ccccc1)=c1\c(-c2ccccc2)nn2c(-c3cnccn3)nnc12.C(/c1ccccc1)=c1\c(-c2ccccn2)nn2c(-c3ccccn3)nnc12.Cc1ccc(/C=c2/c(-c3ccc(C)cc3)nn3nc(-c4ccccc4)nc23)cc1.c1ccc(N=C2C(c3ccccc3)=Nn3c2nnc3-c2ccccn2)cc1. The smallest absolute Gasteiger partial charge is 0.206 e. The Balaban J connectivity index is 0.000000102. The summed E-state index contributed by atoms with van der Waals surface area (Å²) in [5.74, 6) is 3.81. The number of hydrogen-bond donors (Lipinski definition) is 0. The lowest BCUT2D eigenvalue weighted by molar-refractivity contribution is 0.828. The third kappa shape index (κ3) is 18.4. The molecule has 652 valence electrons. The van der Waals surface area contributed by atoms with Crippen LogP contribution in [0.5, 0.6) is 0 Å². The van der Waals surface area contributed by atoms with Crippen molar-refractivity contribution in [2.75, 3.05) is 0 Å². The Labute approximate surface area is 783 Å². The molecule has 0 unspecified atom stereocenters. The fourth-order valence-electron chi connectivity index (χ4n) is 15.6. The van der Waals surface area contributed by atoms with Gasteiger partial charge in [0.2, 0.25) is 23.3 Å². The van der Waals surface area contributed by atoms with Gasteiger partial charge in [-0.05, 0) is 109 Å². The lowest BCUT2D eigenvalue weighted by atomic mass is 10.1. The first kappa shape index (κ1) is 84.5. The molecule has 11 aromatic carbocycles. The molecule has 0 radical (unpaired) electrons. The van der Waals surface area contributed by atoms with E-state index in [1.165, 1.54) is 11.1 Å². The minimum absolute atomic E-state index is 0.572. The molecule has 0 aliphatic carbocycles. The number of fused-ring (bicyclic) bond motifs is 5. The van der Waals surface area contributed by atoms with Crippen LogP contribution in [-0.2, 0) is 0 Å². The number of hydrogen-bond acceptors (Lipinski definition) is 21. The summed E-state index contributed by atoms with van der Waals surface area (Å²) in [5, 5.41) is 67.3. The van der Waals surface area contributed by atoms with E-state index in [1.54, 1.807) is 55.5 Å². The molecule has 0 amide bonds. The summed E-state index contributed by atoms with van der Waals surface area (Å²) in [4.78, 5) is 31.3. The summed E-state index contributed by atoms with van der Waals surface area (Å²) in [6.45, 7) is 4.18. The van der Waals surface area contributed by atoms with Gasteiger partial charge in [-0.15, -0.1) is 55.6 Å². The zero-order valence-corrected chi connectivity index (χ0v) is 73.7. The lowest BCUT2D eigenvalue weighted by Gasteiger charge is -2.02. The van der Waals surface area contributed by atoms with Gasteiger partial charge in [-0.2, -0.15) is 38.6 Å². The predicted octanol–water partition coefficient (Wildman–Crippen LogP) is 17.9. The fourth-order valence-corrected chi connectivity index (χ4v) is 15.6. The van der Waals surface area contributed by atoms with Crippen LogP contribution in [0.3, 0.4) is 0 Å². The third-order valence-corrected chi connectivity index (χ3v) is 22.3. The molecule has 0 spiro atoms. The first-order valence-corrected chi connectivity index (χ1v) is 44.1. The molecule has 14 heterocycles. The fraction of sp³-hybridized carbons (Fsp3) is 0.0180. The van der Waals surface area contributed by atoms with Crippen molar-refractivity contribution in [1.29, 1.82) is 0 Å². The monoisotopic (exact) mass is 1770 g/mol. The Hall–Kier alpha value is -19.4. The second-order valence-corrected chi connectivity index (χ2v) is 31.6. The van der Waals surface area contributed by atoms with E-state index < -0.39 is 0 Å². The molecule has 26 heteroatoms. The van der Waals surface area contributed by atoms with Crippen LogP contribution in [0.4, 0.5) is 5.69 Å². The van der Waals surface area contributed by atoms with Gasteiger partial charge < -0.3 is 0 Å². The van der Waals surface area contributed by atoms with Gasteiger partial charge >= 0.3 is 0 Å². The van der Waals surface area contributed by atoms with Crippen LogP contribution in [-0.4, -0.2) is 130 Å². The molecule has 13 aromatic heterocycles. The van der Waals surface area contributed by atoms with Crippen molar-refractivity contribution in [2.45, 2.75) is 13.8 Å². The summed E-state index contributed by atoms with van der Waals surface area (Å²) in [7, 11) is 0. The van der Waals surface area contributed by atoms with Crippen LogP contribution in [0.25, 0.3) is 149 Å². The molecule has 1 aliphatic rings. The zero-order valence-electron chi connectivity index (χ0n) is 73.7. The maximum Gasteiger partial charge on any atom is 0.206 e. The van der Waals surface area contributed by atoms with E-state index in [0.717, 1.165) is 139 Å². The van der Waals surface area contributed by atoms with E-state index in [9.17, 15) is 0 Å². The Kier molecular flexibility index (Phi) is 24.1. The van der Waals surface area contributed by atoms with Crippen molar-refractivity contribution in [3.8, 4) is 102 Å². The summed E-state index contributed by atoms with van der Waals surface area (Å²) >= 11 is 0. The normalized spacial score (nSPS) is 12.4. The van der Waals surface area contributed by atoms with Gasteiger partial charge in [0.05, 0.1) is 22.8 Å². The van der Waals surface area contributed by atoms with Gasteiger partial charge in [0.25, 0.3) is 0 Å². The van der Waals surface area contributed by atoms with Crippen molar-refractivity contribution in [3.05, 3.63) is 479 Å². The molecule has 26 nitrogen and oxygen atoms in total. The topological polar surface area (TPSA) is 292 Å². The Morgan fingerprint density at radius 1 is 0.255 bits per heavy atom. The lowest BCUT2D eigenvalue weighted by Crippen LogP contribution is -2.13. The van der Waals surface area contributed by atoms with E-state index in [4.69, 9.17) is 35.5 Å². The molecule has 1 aliphatic heterocycles. The Morgan fingerprint density at radius 3 is 1.11 bits per heavy atom. The number of nitrogens with zero attached hydrogens (tertiary/aromatic N) is 26. The number of rotatable bonds is 15. The minimum Gasteiger partial charge on any atom is -0.261 e. The van der Waals surface area contributed by atoms with E-state index in [-0.39, 0.29) is 0 Å². The third-order valence-electron chi connectivity index (χ3n) is 22.3. The number of aliphatic imine (C=N–C) groups is 1. The molecule has 0 bridgehead atoms. The van der Waals surface area contributed by atoms with Crippen LogP contribution < -0.4 is 20.9 Å². The highest BCUT2D eigenvalue weighted by Gasteiger charge is 2.31. The zero-order chi connectivity index (χ0) is 92.0. The van der Waals surface area contributed by atoms with Crippen molar-refractivity contribution in [2.24, 2.45) is 10.1 Å². The molecule has 0 saturated carbocycles. The van der Waals surface area contributed by atoms with Crippen LogP contribution in [0, 0.1) is 13.8 Å². The summed E-state index contributed by atoms with van der Waals surface area (Å²) in [6.07, 6.45) is 18.5. The number of para-hydroxylation sites is 1. The average Bonchev–Trinajstić information content (AvgIpc) is 1.62. The Bertz CT molecular complexity index is 8090. The second-order valence-electron chi connectivity index (χ2n) is 31.6. The van der Waals surface area contributed by atoms with Crippen molar-refractivity contribution >= 4 is 64.0 Å². The molecule has 0 atom stereocenters. The van der Waals surface area contributed by atoms with Crippen LogP contribution in [0.15, 0.2) is 423 Å². The van der Waals surface area contributed by atoms with Gasteiger partial charge in [0.15, 0.2) is 34.2 Å². The van der Waals surface area contributed by atoms with Gasteiger partial charge in [0, 0.05) is 80.0 Å². The number of benzene rings is 11. The standard InChI is InChI=1S/C25H20N4.C23H16N4.3C21H14N6/c1-17-8-12-19(13-9-17)16-22-23(20-14-10-18(2)11-15-20)27-29-25(22)26-24(28-29)21-6-4-3-5-7-21;1-4-10-17(11-5-1)16-20-21(18-12-6-2-7-13-18)26-27-22(24-25-23(20)27)19-14-8-3-9-15-19;1-3-9-15(10-4-1)18-19(23-16-11-5-2-6-12-16)21-25-24-20(27(21)26-18)17-13-7-8-14-22-17;1-3-7-15(8-4-1)13-17-19(16-9-5-2-6-10-16)26-27-20(17)24-25-21(27)18-14-22-11-12-23-18;1-2-8-15(9-3-1)14-16-19(17-10-4-6-12-22-17)26-27-20(16)24-25-21(27)18-11-5-7-13-23-18/h3-16H,1-2H3;1-16H;3*1-14H/b22-16-;20-16-;;17-13-;16-14-. The number of pyridine rings is 3. The number of aromatic nitrogens is 24. The maximum atomic E-state index is 4.88. The summed E-state index contributed by atoms with van der Waals surface area (Å²) in [5.41, 5.74) is 24.4. The first-order valence-electron chi connectivity index (χ1n) is 44.1. The molecule has 0 fully saturated rings. The highest BCUT2D eigenvalue weighted by Crippen LogP contribution is 2.29. The van der Waals surface area contributed by atoms with E-state index in [1.807, 2.05) is 296 Å². The van der Waals surface area contributed by atoms with E-state index >= 15 is 0 Å². The van der Waals surface area contributed by atoms with Crippen LogP contribution in [0.1, 0.15) is 44.8 Å².